The van der Waals surface area contributed by atoms with E-state index in [1.165, 1.54) is 0 Å². The van der Waals surface area contributed by atoms with Crippen molar-refractivity contribution in [1.29, 1.82) is 0 Å². The highest BCUT2D eigenvalue weighted by atomic mass is 32.2. The molecule has 0 aromatic rings. The quantitative estimate of drug-likeness (QED) is 0.481. The lowest BCUT2D eigenvalue weighted by molar-refractivity contribution is -0.139. The molecule has 9 nitrogen and oxygen atoms in total. The fourth-order valence-electron chi connectivity index (χ4n) is 1.54. The molecule has 1 aliphatic carbocycles. The van der Waals surface area contributed by atoms with E-state index in [1.807, 2.05) is 0 Å². The van der Waals surface area contributed by atoms with Crippen molar-refractivity contribution in [2.45, 2.75) is 11.2 Å². The summed E-state index contributed by atoms with van der Waals surface area (Å²) in [4.78, 5) is 32.6. The van der Waals surface area contributed by atoms with Crippen LogP contribution in [0.5, 0.6) is 0 Å². The third-order valence-corrected chi connectivity index (χ3v) is 3.87. The number of hydrogen-bond donors (Lipinski definition) is 4. The van der Waals surface area contributed by atoms with Gasteiger partial charge in [0.05, 0.1) is 5.57 Å². The maximum absolute atomic E-state index is 11.2. The Kier molecular flexibility index (Phi) is 3.50. The first-order valence-corrected chi connectivity index (χ1v) is 6.06. The lowest BCUT2D eigenvalue weighted by Gasteiger charge is -2.26. The molecule has 4 N–H and O–H groups in total. The molecule has 0 amide bonds. The minimum atomic E-state index is -5.26. The second kappa shape index (κ2) is 4.48. The van der Waals surface area contributed by atoms with Crippen LogP contribution in [0.1, 0.15) is 6.42 Å². The molecule has 0 aromatic carbocycles. The normalized spacial score (nSPS) is 23.2. The van der Waals surface area contributed by atoms with Gasteiger partial charge in [-0.1, -0.05) is 0 Å². The van der Waals surface area contributed by atoms with Gasteiger partial charge >= 0.3 is 17.9 Å². The number of carboxylic acid groups (broad SMARTS) is 3. The Labute approximate surface area is 106 Å². The largest absolute Gasteiger partial charge is 0.480 e. The maximum atomic E-state index is 11.2. The van der Waals surface area contributed by atoms with E-state index in [-0.39, 0.29) is 0 Å². The third kappa shape index (κ3) is 2.48. The predicted octanol–water partition coefficient (Wildman–Crippen LogP) is -0.877. The first kappa shape index (κ1) is 14.9. The zero-order chi connectivity index (χ0) is 15.0. The lowest BCUT2D eigenvalue weighted by atomic mass is 9.89. The van der Waals surface area contributed by atoms with Gasteiger partial charge in [0.25, 0.3) is 10.1 Å². The van der Waals surface area contributed by atoms with E-state index in [1.54, 1.807) is 0 Å². The van der Waals surface area contributed by atoms with E-state index in [9.17, 15) is 22.8 Å². The van der Waals surface area contributed by atoms with Gasteiger partial charge in [0.1, 0.15) is 0 Å². The van der Waals surface area contributed by atoms with Crippen molar-refractivity contribution in [2.75, 3.05) is 0 Å². The van der Waals surface area contributed by atoms with Crippen molar-refractivity contribution in [1.82, 2.24) is 0 Å². The molecule has 0 aromatic heterocycles. The molecule has 0 heterocycles. The van der Waals surface area contributed by atoms with Crippen LogP contribution < -0.4 is 0 Å². The van der Waals surface area contributed by atoms with Crippen LogP contribution in [0.25, 0.3) is 0 Å². The van der Waals surface area contributed by atoms with E-state index in [0.717, 1.165) is 0 Å². The zero-order valence-electron chi connectivity index (χ0n) is 9.10. The average Bonchev–Trinajstić information content (AvgIpc) is 2.26. The standard InChI is InChI=1S/C9H8O9S/c10-6(11)4-1-5(7(12)13)3-9(2-4,8(14)15)19(16,17)18/h1-2H,3H2,(H,10,11)(H,12,13)(H,14,15)(H,16,17,18). The van der Waals surface area contributed by atoms with Crippen molar-refractivity contribution >= 4 is 28.0 Å². The van der Waals surface area contributed by atoms with Crippen LogP contribution in [0.15, 0.2) is 23.3 Å². The molecule has 1 atom stereocenters. The fraction of sp³-hybridized carbons (Fsp3) is 0.222. The van der Waals surface area contributed by atoms with Gasteiger partial charge in [-0.2, -0.15) is 8.42 Å². The Bertz CT molecular complexity index is 624. The Morgan fingerprint density at radius 2 is 1.63 bits per heavy atom. The minimum Gasteiger partial charge on any atom is -0.480 e. The summed E-state index contributed by atoms with van der Waals surface area (Å²) in [5, 5.41) is 26.4. The fourth-order valence-corrected chi connectivity index (χ4v) is 2.37. The third-order valence-electron chi connectivity index (χ3n) is 2.52. The number of rotatable bonds is 4. The van der Waals surface area contributed by atoms with Gasteiger partial charge in [0.15, 0.2) is 0 Å². The number of aliphatic carboxylic acids is 3. The van der Waals surface area contributed by atoms with Gasteiger partial charge in [-0.3, -0.25) is 9.35 Å². The summed E-state index contributed by atoms with van der Waals surface area (Å²) in [6.45, 7) is 0. The van der Waals surface area contributed by atoms with E-state index < -0.39 is 50.3 Å². The zero-order valence-corrected chi connectivity index (χ0v) is 9.92. The van der Waals surface area contributed by atoms with Crippen LogP contribution in [-0.4, -0.2) is 50.9 Å². The summed E-state index contributed by atoms with van der Waals surface area (Å²) in [6.07, 6.45) is -0.135. The van der Waals surface area contributed by atoms with Crippen LogP contribution in [0.4, 0.5) is 0 Å². The Morgan fingerprint density at radius 1 is 1.11 bits per heavy atom. The molecule has 1 aliphatic rings. The van der Waals surface area contributed by atoms with Crippen molar-refractivity contribution in [2.24, 2.45) is 0 Å². The molecule has 0 aliphatic heterocycles. The first-order valence-electron chi connectivity index (χ1n) is 4.62. The summed E-state index contributed by atoms with van der Waals surface area (Å²) < 4.78 is 28.4. The summed E-state index contributed by atoms with van der Waals surface area (Å²) >= 11 is 0. The smallest absolute Gasteiger partial charge is 0.335 e. The average molecular weight is 292 g/mol. The monoisotopic (exact) mass is 292 g/mol. The van der Waals surface area contributed by atoms with E-state index in [0.29, 0.717) is 12.2 Å². The van der Waals surface area contributed by atoms with Gasteiger partial charge in [0.2, 0.25) is 4.75 Å². The van der Waals surface area contributed by atoms with Gasteiger partial charge < -0.3 is 15.3 Å². The topological polar surface area (TPSA) is 166 Å². The molecule has 0 bridgehead atoms. The molecule has 0 fully saturated rings. The van der Waals surface area contributed by atoms with E-state index in [4.69, 9.17) is 19.9 Å². The highest BCUT2D eigenvalue weighted by molar-refractivity contribution is 7.88. The van der Waals surface area contributed by atoms with Crippen molar-refractivity contribution in [3.05, 3.63) is 23.3 Å². The molecular weight excluding hydrogens is 284 g/mol. The highest BCUT2D eigenvalue weighted by Gasteiger charge is 2.52. The Balaban J connectivity index is 3.62. The van der Waals surface area contributed by atoms with E-state index in [2.05, 4.69) is 0 Å². The van der Waals surface area contributed by atoms with Crippen LogP contribution >= 0.6 is 0 Å². The van der Waals surface area contributed by atoms with E-state index >= 15 is 0 Å². The van der Waals surface area contributed by atoms with Crippen molar-refractivity contribution in [3.8, 4) is 0 Å². The number of carboxylic acids is 3. The maximum Gasteiger partial charge on any atom is 0.335 e. The molecule has 0 saturated heterocycles. The molecule has 104 valence electrons. The lowest BCUT2D eigenvalue weighted by Crippen LogP contribution is -2.47. The van der Waals surface area contributed by atoms with Gasteiger partial charge in [-0.05, 0) is 12.2 Å². The summed E-state index contributed by atoms with van der Waals surface area (Å²) in [6, 6.07) is 0. The van der Waals surface area contributed by atoms with Crippen LogP contribution in [0.2, 0.25) is 0 Å². The number of hydrogen-bond acceptors (Lipinski definition) is 5. The summed E-state index contributed by atoms with van der Waals surface area (Å²) in [5.41, 5.74) is -1.59. The molecule has 0 radical (unpaired) electrons. The van der Waals surface area contributed by atoms with Crippen LogP contribution in [-0.2, 0) is 24.5 Å². The molecule has 19 heavy (non-hydrogen) atoms. The second-order valence-electron chi connectivity index (χ2n) is 3.73. The van der Waals surface area contributed by atoms with Gasteiger partial charge in [-0.15, -0.1) is 0 Å². The summed E-state index contributed by atoms with van der Waals surface area (Å²) in [7, 11) is -5.26. The molecule has 10 heteroatoms. The molecule has 1 unspecified atom stereocenters. The first-order chi connectivity index (χ1) is 8.51. The number of carbonyl (C=O) groups is 3. The Hall–Kier alpha value is -2.20. The molecule has 1 rings (SSSR count). The highest BCUT2D eigenvalue weighted by Crippen LogP contribution is 2.33. The minimum absolute atomic E-state index is 0.305. The molecular formula is C9H8O9S. The second-order valence-corrected chi connectivity index (χ2v) is 5.40. The predicted molar refractivity (Wildman–Crippen MR) is 58.0 cm³/mol. The molecule has 0 spiro atoms. The van der Waals surface area contributed by atoms with Gasteiger partial charge in [0, 0.05) is 12.0 Å². The summed E-state index contributed by atoms with van der Waals surface area (Å²) in [5.74, 6) is -5.46. The van der Waals surface area contributed by atoms with Gasteiger partial charge in [-0.25, -0.2) is 9.59 Å². The van der Waals surface area contributed by atoms with Crippen molar-refractivity contribution in [3.63, 3.8) is 0 Å². The van der Waals surface area contributed by atoms with Crippen LogP contribution in [0.3, 0.4) is 0 Å². The SMILES string of the molecule is O=C(O)C1=CC(C(=O)O)(S(=O)(=O)O)CC(C(=O)O)=C1. The molecule has 0 saturated carbocycles. The Morgan fingerprint density at radius 3 is 1.95 bits per heavy atom. The van der Waals surface area contributed by atoms with Crippen LogP contribution in [0, 0.1) is 0 Å². The van der Waals surface area contributed by atoms with Crippen molar-refractivity contribution < 1.29 is 42.7 Å².